The van der Waals surface area contributed by atoms with Crippen molar-refractivity contribution >= 4 is 5.91 Å². The van der Waals surface area contributed by atoms with Gasteiger partial charge in [0.2, 0.25) is 11.7 Å². The molecule has 146 valence electrons. The van der Waals surface area contributed by atoms with Crippen LogP contribution in [0.4, 0.5) is 0 Å². The predicted molar refractivity (Wildman–Crippen MR) is 109 cm³/mol. The molecular formula is C22H27N5O. The topological polar surface area (TPSA) is 72.7 Å². The smallest absolute Gasteiger partial charge is 0.227 e. The second-order valence-corrected chi connectivity index (χ2v) is 7.97. The van der Waals surface area contributed by atoms with Crippen LogP contribution in [0.1, 0.15) is 44.7 Å². The van der Waals surface area contributed by atoms with Crippen LogP contribution >= 0.6 is 0 Å². The fraction of sp³-hybridized carbons (Fsp3) is 0.364. The largest absolute Gasteiger partial charge is 0.352 e. The molecule has 3 aromatic rings. The summed E-state index contributed by atoms with van der Waals surface area (Å²) < 4.78 is 0. The molecule has 6 nitrogen and oxygen atoms in total. The van der Waals surface area contributed by atoms with Crippen LogP contribution in [0, 0.1) is 5.41 Å². The van der Waals surface area contributed by atoms with Crippen LogP contribution in [0.25, 0.3) is 11.4 Å². The van der Waals surface area contributed by atoms with E-state index in [-0.39, 0.29) is 5.91 Å². The number of amides is 1. The molecule has 1 N–H and O–H groups in total. The second-order valence-electron chi connectivity index (χ2n) is 7.97. The van der Waals surface area contributed by atoms with Crippen molar-refractivity contribution in [3.8, 4) is 11.4 Å². The van der Waals surface area contributed by atoms with Gasteiger partial charge in [0.05, 0.1) is 12.0 Å². The quantitative estimate of drug-likeness (QED) is 0.680. The van der Waals surface area contributed by atoms with Crippen molar-refractivity contribution in [2.75, 3.05) is 0 Å². The number of carbonyl (C=O) groups is 1. The summed E-state index contributed by atoms with van der Waals surface area (Å²) in [6.45, 7) is 8.94. The Labute approximate surface area is 166 Å². The minimum Gasteiger partial charge on any atom is -0.352 e. The molecule has 0 aliphatic rings. The standard InChI is InChI=1S/C22H27N5O/c1-16(2)18-10-12-19(13-11-18)20-24-26-27(25-20)15-22(3,4)21(28)23-14-17-8-6-5-7-9-17/h5-13,16H,14-15H2,1-4H3,(H,23,28). The molecule has 0 unspecified atom stereocenters. The molecule has 0 bridgehead atoms. The van der Waals surface area contributed by atoms with E-state index in [1.165, 1.54) is 10.4 Å². The number of nitrogens with zero attached hydrogens (tertiary/aromatic N) is 4. The summed E-state index contributed by atoms with van der Waals surface area (Å²) in [6.07, 6.45) is 0. The van der Waals surface area contributed by atoms with Gasteiger partial charge >= 0.3 is 0 Å². The maximum Gasteiger partial charge on any atom is 0.227 e. The van der Waals surface area contributed by atoms with Crippen molar-refractivity contribution < 1.29 is 4.79 Å². The van der Waals surface area contributed by atoms with Gasteiger partial charge in [-0.05, 0) is 36.1 Å². The summed E-state index contributed by atoms with van der Waals surface area (Å²) in [5.41, 5.74) is 2.60. The lowest BCUT2D eigenvalue weighted by Crippen LogP contribution is -2.39. The van der Waals surface area contributed by atoms with Crippen molar-refractivity contribution in [1.29, 1.82) is 0 Å². The molecule has 0 radical (unpaired) electrons. The van der Waals surface area contributed by atoms with Gasteiger partial charge in [-0.25, -0.2) is 0 Å². The average molecular weight is 377 g/mol. The Morgan fingerprint density at radius 1 is 1.07 bits per heavy atom. The first-order valence-electron chi connectivity index (χ1n) is 9.55. The van der Waals surface area contributed by atoms with Crippen LogP contribution in [-0.2, 0) is 17.9 Å². The molecule has 6 heteroatoms. The predicted octanol–water partition coefficient (Wildman–Crippen LogP) is 3.81. The zero-order valence-corrected chi connectivity index (χ0v) is 16.9. The molecule has 2 aromatic carbocycles. The normalized spacial score (nSPS) is 11.6. The van der Waals surface area contributed by atoms with Gasteiger partial charge in [-0.2, -0.15) is 4.80 Å². The first-order valence-corrected chi connectivity index (χ1v) is 9.55. The zero-order chi connectivity index (χ0) is 20.1. The maximum absolute atomic E-state index is 12.6. The third-order valence-electron chi connectivity index (χ3n) is 4.74. The number of aromatic nitrogens is 4. The third-order valence-corrected chi connectivity index (χ3v) is 4.74. The zero-order valence-electron chi connectivity index (χ0n) is 16.9. The summed E-state index contributed by atoms with van der Waals surface area (Å²) in [5.74, 6) is 1.00. The number of nitrogens with one attached hydrogen (secondary N) is 1. The van der Waals surface area contributed by atoms with E-state index in [0.717, 1.165) is 11.1 Å². The molecule has 0 saturated heterocycles. The highest BCUT2D eigenvalue weighted by Crippen LogP contribution is 2.21. The minimum atomic E-state index is -0.658. The van der Waals surface area contributed by atoms with Gasteiger partial charge in [0.15, 0.2) is 0 Å². The van der Waals surface area contributed by atoms with E-state index in [9.17, 15) is 4.79 Å². The minimum absolute atomic E-state index is 0.0449. The Morgan fingerprint density at radius 2 is 1.75 bits per heavy atom. The average Bonchev–Trinajstić information content (AvgIpc) is 3.14. The van der Waals surface area contributed by atoms with Crippen LogP contribution < -0.4 is 5.32 Å². The molecule has 3 rings (SSSR count). The lowest BCUT2D eigenvalue weighted by atomic mass is 9.92. The fourth-order valence-electron chi connectivity index (χ4n) is 2.89. The van der Waals surface area contributed by atoms with Gasteiger partial charge in [-0.3, -0.25) is 4.79 Å². The Kier molecular flexibility index (Phi) is 5.87. The number of carbonyl (C=O) groups excluding carboxylic acids is 1. The van der Waals surface area contributed by atoms with Crippen LogP contribution in [0.15, 0.2) is 54.6 Å². The van der Waals surface area contributed by atoms with Crippen molar-refractivity contribution in [1.82, 2.24) is 25.5 Å². The van der Waals surface area contributed by atoms with Gasteiger partial charge in [-0.15, -0.1) is 10.2 Å². The van der Waals surface area contributed by atoms with E-state index in [2.05, 4.69) is 46.7 Å². The van der Waals surface area contributed by atoms with Gasteiger partial charge in [0.1, 0.15) is 0 Å². The summed E-state index contributed by atoms with van der Waals surface area (Å²) in [5, 5.41) is 15.7. The molecule has 1 aromatic heterocycles. The van der Waals surface area contributed by atoms with E-state index in [1.807, 2.05) is 56.3 Å². The third kappa shape index (κ3) is 4.82. The summed E-state index contributed by atoms with van der Waals surface area (Å²) in [4.78, 5) is 14.1. The van der Waals surface area contributed by atoms with E-state index in [1.54, 1.807) is 0 Å². The lowest BCUT2D eigenvalue weighted by Gasteiger charge is -2.22. The van der Waals surface area contributed by atoms with Gasteiger partial charge < -0.3 is 5.32 Å². The molecule has 0 aliphatic heterocycles. The van der Waals surface area contributed by atoms with Gasteiger partial charge in [-0.1, -0.05) is 68.4 Å². The van der Waals surface area contributed by atoms with Crippen LogP contribution in [0.5, 0.6) is 0 Å². The number of hydrogen-bond acceptors (Lipinski definition) is 4. The van der Waals surface area contributed by atoms with Crippen LogP contribution in [-0.4, -0.2) is 26.1 Å². The van der Waals surface area contributed by atoms with Gasteiger partial charge in [0, 0.05) is 12.1 Å². The lowest BCUT2D eigenvalue weighted by molar-refractivity contribution is -0.130. The Balaban J connectivity index is 1.63. The van der Waals surface area contributed by atoms with E-state index >= 15 is 0 Å². The van der Waals surface area contributed by atoms with Crippen molar-refractivity contribution in [2.24, 2.45) is 5.41 Å². The van der Waals surface area contributed by atoms with E-state index in [4.69, 9.17) is 0 Å². The monoisotopic (exact) mass is 377 g/mol. The molecule has 1 heterocycles. The molecule has 1 amide bonds. The van der Waals surface area contributed by atoms with Crippen molar-refractivity contribution in [3.63, 3.8) is 0 Å². The summed E-state index contributed by atoms with van der Waals surface area (Å²) in [6, 6.07) is 18.0. The maximum atomic E-state index is 12.6. The molecule has 0 aliphatic carbocycles. The molecule has 28 heavy (non-hydrogen) atoms. The SMILES string of the molecule is CC(C)c1ccc(-c2nnn(CC(C)(C)C(=O)NCc3ccccc3)n2)cc1. The van der Waals surface area contributed by atoms with Crippen molar-refractivity contribution in [3.05, 3.63) is 65.7 Å². The molecule has 0 saturated carbocycles. The van der Waals surface area contributed by atoms with E-state index in [0.29, 0.717) is 24.8 Å². The Hall–Kier alpha value is -3.02. The molecule has 0 spiro atoms. The van der Waals surface area contributed by atoms with Crippen LogP contribution in [0.3, 0.4) is 0 Å². The molecular weight excluding hydrogens is 350 g/mol. The number of hydrogen-bond donors (Lipinski definition) is 1. The first-order chi connectivity index (χ1) is 13.3. The molecule has 0 fully saturated rings. The number of benzene rings is 2. The molecule has 0 atom stereocenters. The van der Waals surface area contributed by atoms with Crippen LogP contribution in [0.2, 0.25) is 0 Å². The highest BCUT2D eigenvalue weighted by atomic mass is 16.2. The Morgan fingerprint density at radius 3 is 2.39 bits per heavy atom. The number of rotatable bonds is 7. The Bertz CT molecular complexity index is 914. The van der Waals surface area contributed by atoms with E-state index < -0.39 is 5.41 Å². The van der Waals surface area contributed by atoms with Gasteiger partial charge in [0.25, 0.3) is 0 Å². The summed E-state index contributed by atoms with van der Waals surface area (Å²) in [7, 11) is 0. The first kappa shape index (κ1) is 19.7. The summed E-state index contributed by atoms with van der Waals surface area (Å²) >= 11 is 0. The second kappa shape index (κ2) is 8.33. The highest BCUT2D eigenvalue weighted by molar-refractivity contribution is 5.81. The highest BCUT2D eigenvalue weighted by Gasteiger charge is 2.29. The number of tetrazole rings is 1. The van der Waals surface area contributed by atoms with Crippen molar-refractivity contribution in [2.45, 2.75) is 46.7 Å². The fourth-order valence-corrected chi connectivity index (χ4v) is 2.89.